The van der Waals surface area contributed by atoms with Crippen molar-refractivity contribution in [2.24, 2.45) is 0 Å². The lowest BCUT2D eigenvalue weighted by atomic mass is 9.97. The van der Waals surface area contributed by atoms with Crippen LogP contribution in [0.25, 0.3) is 45.3 Å². The van der Waals surface area contributed by atoms with Crippen LogP contribution in [0.2, 0.25) is 0 Å². The van der Waals surface area contributed by atoms with E-state index < -0.39 is 46.5 Å². The molecule has 9 heterocycles. The molecule has 0 bridgehead atoms. The number of urea groups is 4. The smallest absolute Gasteiger partial charge is 0.322 e. The number of nitrogens with one attached hydrogen (secondary N) is 4. The van der Waals surface area contributed by atoms with Crippen LogP contribution < -0.4 is 21.3 Å². The van der Waals surface area contributed by atoms with Gasteiger partial charge in [-0.3, -0.25) is 4.98 Å². The van der Waals surface area contributed by atoms with Gasteiger partial charge in [0.15, 0.2) is 23.0 Å². The Hall–Kier alpha value is -13.2. The molecule has 5 aromatic heterocycles. The quantitative estimate of drug-likeness (QED) is 0.104. The second-order valence-electron chi connectivity index (χ2n) is 28.3. The second kappa shape index (κ2) is 33.6. The van der Waals surface area contributed by atoms with Crippen LogP contribution in [-0.2, 0) is 51.9 Å². The van der Waals surface area contributed by atoms with Gasteiger partial charge in [0.25, 0.3) is 0 Å². The Balaban J connectivity index is 0.000000134. The molecule has 4 atom stereocenters. The van der Waals surface area contributed by atoms with Gasteiger partial charge in [-0.2, -0.15) is 0 Å². The van der Waals surface area contributed by atoms with Crippen LogP contribution in [0.15, 0.2) is 164 Å². The van der Waals surface area contributed by atoms with Gasteiger partial charge in [-0.1, -0.05) is 20.6 Å². The van der Waals surface area contributed by atoms with Crippen molar-refractivity contribution in [1.29, 1.82) is 0 Å². The number of nitrogens with zero attached hydrogens (tertiary/aromatic N) is 9. The topological polar surface area (TPSA) is 246 Å². The molecule has 16 rings (SSSR count). The molecular formula is C83H72F11N13O8. The van der Waals surface area contributed by atoms with Gasteiger partial charge >= 0.3 is 24.1 Å². The van der Waals surface area contributed by atoms with Crippen LogP contribution in [0.3, 0.4) is 0 Å². The van der Waals surface area contributed by atoms with Crippen LogP contribution in [-0.4, -0.2) is 93.5 Å². The first-order valence-electron chi connectivity index (χ1n) is 36.1. The van der Waals surface area contributed by atoms with Crippen molar-refractivity contribution >= 4 is 46.9 Å². The van der Waals surface area contributed by atoms with E-state index in [0.717, 1.165) is 54.2 Å². The molecule has 12 aromatic rings. The lowest BCUT2D eigenvalue weighted by Crippen LogP contribution is -2.44. The number of fused-ring (bicyclic) bond motifs is 4. The second-order valence-corrected chi connectivity index (χ2v) is 28.3. The number of anilines is 4. The zero-order valence-electron chi connectivity index (χ0n) is 62.8. The Kier molecular flexibility index (Phi) is 23.4. The Bertz CT molecular complexity index is 5300. The molecule has 0 unspecified atom stereocenters. The van der Waals surface area contributed by atoms with Crippen LogP contribution in [0.5, 0.6) is 0 Å². The number of rotatable bonds is 8. The van der Waals surface area contributed by atoms with Crippen LogP contribution >= 0.6 is 0 Å². The highest BCUT2D eigenvalue weighted by Crippen LogP contribution is 2.40. The number of carbonyl (C=O) groups excluding carboxylic acids is 4. The van der Waals surface area contributed by atoms with E-state index in [1.165, 1.54) is 60.7 Å². The van der Waals surface area contributed by atoms with E-state index in [1.807, 2.05) is 34.6 Å². The van der Waals surface area contributed by atoms with Gasteiger partial charge in [0, 0.05) is 131 Å². The minimum atomic E-state index is -0.764. The lowest BCUT2D eigenvalue weighted by molar-refractivity contribution is 0.181. The predicted octanol–water partition coefficient (Wildman–Crippen LogP) is 19.4. The number of amides is 8. The van der Waals surface area contributed by atoms with Crippen LogP contribution in [0, 0.1) is 91.7 Å². The summed E-state index contributed by atoms with van der Waals surface area (Å²) in [7, 11) is 0. The summed E-state index contributed by atoms with van der Waals surface area (Å²) in [5.41, 5.74) is 9.47. The molecule has 0 saturated heterocycles. The maximum Gasteiger partial charge on any atom is 0.322 e. The van der Waals surface area contributed by atoms with Gasteiger partial charge in [-0.15, -0.1) is 0 Å². The molecule has 594 valence electrons. The van der Waals surface area contributed by atoms with Gasteiger partial charge in [-0.25, -0.2) is 67.5 Å². The van der Waals surface area contributed by atoms with Crippen LogP contribution in [0.1, 0.15) is 95.1 Å². The predicted molar refractivity (Wildman–Crippen MR) is 401 cm³/mol. The summed E-state index contributed by atoms with van der Waals surface area (Å²) in [6, 6.07) is 27.3. The molecule has 4 aliphatic rings. The Morgan fingerprint density at radius 1 is 0.322 bits per heavy atom. The summed E-state index contributed by atoms with van der Waals surface area (Å²) in [6.45, 7) is 14.8. The van der Waals surface area contributed by atoms with Crippen molar-refractivity contribution < 1.29 is 85.6 Å². The Labute approximate surface area is 650 Å². The number of aryl methyl sites for hydroxylation is 4. The third kappa shape index (κ3) is 17.7. The van der Waals surface area contributed by atoms with E-state index >= 15 is 0 Å². The largest absolute Gasteiger partial charge is 0.356 e. The molecule has 4 N–H and O–H groups in total. The summed E-state index contributed by atoms with van der Waals surface area (Å²) in [5.74, 6) is -6.06. The minimum Gasteiger partial charge on any atom is -0.356 e. The zero-order valence-corrected chi connectivity index (χ0v) is 62.8. The number of pyridine rings is 1. The molecule has 0 fully saturated rings. The van der Waals surface area contributed by atoms with Crippen molar-refractivity contribution in [1.82, 2.24) is 45.2 Å². The third-order valence-electron chi connectivity index (χ3n) is 20.0. The molecular weight excluding hydrogens is 1520 g/mol. The molecule has 8 amide bonds. The van der Waals surface area contributed by atoms with E-state index in [2.05, 4.69) is 46.9 Å². The Morgan fingerprint density at radius 2 is 0.565 bits per heavy atom. The van der Waals surface area contributed by atoms with Gasteiger partial charge in [-0.05, 0) is 187 Å². The molecule has 21 nitrogen and oxygen atoms in total. The van der Waals surface area contributed by atoms with Crippen molar-refractivity contribution in [2.75, 3.05) is 21.3 Å². The standard InChI is InChI=1S/3C21H18F3N3O2.C20H18F2N4O2/c3*1-11-7-14(4-6-17(11)23)25-21(28)27-10-16-19(8-12(27)2)26-29-20(16)15-5-3-13(22)9-18(15)24;1-11-7-14(5-6-23-11)24-20(27)26-10-16-18(8-12(26)2)25-28-19(16)15-4-3-13(21)9-17(15)22/h3*3-7,9,12H,8,10H2,1-2H3,(H,25,28);3-7,9,12H,8,10H2,1-2H3,(H,23,24,27)/t4*12-/m0000/s1. The zero-order chi connectivity index (χ0) is 82.0. The normalized spacial score (nSPS) is 15.9. The van der Waals surface area contributed by atoms with E-state index in [-0.39, 0.29) is 137 Å². The van der Waals surface area contributed by atoms with E-state index in [4.69, 9.17) is 18.1 Å². The molecule has 32 heteroatoms. The number of benzene rings is 7. The molecule has 0 radical (unpaired) electrons. The number of hydrogen-bond donors (Lipinski definition) is 4. The van der Waals surface area contributed by atoms with Crippen molar-refractivity contribution in [3.8, 4) is 45.3 Å². The fourth-order valence-corrected chi connectivity index (χ4v) is 13.7. The third-order valence-corrected chi connectivity index (χ3v) is 20.0. The van der Waals surface area contributed by atoms with Gasteiger partial charge < -0.3 is 59.0 Å². The lowest BCUT2D eigenvalue weighted by Gasteiger charge is -2.32. The first kappa shape index (κ1) is 79.9. The SMILES string of the molecule is Cc1cc(NC(=O)N2Cc3c(noc3-c3ccc(F)cc3F)C[C@@H]2C)ccc1F.Cc1cc(NC(=O)N2Cc3c(noc3-c3ccc(F)cc3F)C[C@@H]2C)ccc1F.Cc1cc(NC(=O)N2Cc3c(noc3-c3ccc(F)cc3F)C[C@@H]2C)ccc1F.Cc1cc(NC(=O)N2Cc3c(noc3-c3ccc(F)cc3F)C[C@@H]2C)ccn1. The monoisotopic (exact) mass is 1590 g/mol. The summed E-state index contributed by atoms with van der Waals surface area (Å²) < 4.78 is 172. The van der Waals surface area contributed by atoms with Crippen molar-refractivity contribution in [2.45, 2.75) is 131 Å². The molecule has 0 spiro atoms. The summed E-state index contributed by atoms with van der Waals surface area (Å²) in [6.07, 6.45) is 3.38. The highest BCUT2D eigenvalue weighted by Gasteiger charge is 2.38. The number of hydrogen-bond acceptors (Lipinski definition) is 13. The fourth-order valence-electron chi connectivity index (χ4n) is 13.7. The number of halogens is 11. The maximum absolute atomic E-state index is 14.2. The summed E-state index contributed by atoms with van der Waals surface area (Å²) >= 11 is 0. The van der Waals surface area contributed by atoms with Crippen molar-refractivity contribution in [3.63, 3.8) is 0 Å². The first-order valence-corrected chi connectivity index (χ1v) is 36.1. The van der Waals surface area contributed by atoms with E-state index in [0.29, 0.717) is 110 Å². The van der Waals surface area contributed by atoms with Gasteiger partial charge in [0.2, 0.25) is 0 Å². The Morgan fingerprint density at radius 3 is 0.791 bits per heavy atom. The van der Waals surface area contributed by atoms with Gasteiger partial charge in [0.05, 0.1) is 71.2 Å². The number of carbonyl (C=O) groups is 4. The highest BCUT2D eigenvalue weighted by molar-refractivity contribution is 5.92. The molecule has 4 aliphatic heterocycles. The highest BCUT2D eigenvalue weighted by atomic mass is 19.2. The van der Waals surface area contributed by atoms with E-state index in [9.17, 15) is 67.5 Å². The summed E-state index contributed by atoms with van der Waals surface area (Å²) in [5, 5.41) is 27.2. The minimum absolute atomic E-state index is 0.0872. The average molecular weight is 1590 g/mol. The fraction of sp³-hybridized carbons (Fsp3) is 0.241. The summed E-state index contributed by atoms with van der Waals surface area (Å²) in [4.78, 5) is 61.7. The van der Waals surface area contributed by atoms with Gasteiger partial charge in [0.1, 0.15) is 64.0 Å². The first-order chi connectivity index (χ1) is 54.9. The molecule has 7 aromatic carbocycles. The average Bonchev–Trinajstić information content (AvgIpc) is 1.71. The molecule has 0 aliphatic carbocycles. The van der Waals surface area contributed by atoms with Crippen LogP contribution in [0.4, 0.5) is 90.2 Å². The van der Waals surface area contributed by atoms with E-state index in [1.54, 1.807) is 76.9 Å². The molecule has 115 heavy (non-hydrogen) atoms. The van der Waals surface area contributed by atoms with Crippen molar-refractivity contribution in [3.05, 3.63) is 277 Å². The number of aromatic nitrogens is 5. The maximum atomic E-state index is 14.2. The molecule has 0 saturated carbocycles.